The second-order valence-electron chi connectivity index (χ2n) is 9.68. The number of piperidine rings is 1. The van der Waals surface area contributed by atoms with E-state index in [1.165, 1.54) is 18.5 Å². The van der Waals surface area contributed by atoms with Crippen LogP contribution in [0.4, 0.5) is 10.2 Å². The van der Waals surface area contributed by atoms with E-state index < -0.39 is 0 Å². The molecule has 3 aromatic rings. The minimum Gasteiger partial charge on any atom is -0.442 e. The summed E-state index contributed by atoms with van der Waals surface area (Å²) >= 11 is 12.5. The van der Waals surface area contributed by atoms with Crippen molar-refractivity contribution in [3.05, 3.63) is 75.8 Å². The van der Waals surface area contributed by atoms with Crippen LogP contribution >= 0.6 is 23.2 Å². The van der Waals surface area contributed by atoms with Gasteiger partial charge in [0.2, 0.25) is 5.78 Å². The molecule has 0 unspecified atom stereocenters. The highest BCUT2D eigenvalue weighted by molar-refractivity contribution is 6.33. The van der Waals surface area contributed by atoms with Crippen LogP contribution in [0, 0.1) is 5.82 Å². The Balaban J connectivity index is 1.18. The number of halogens is 3. The van der Waals surface area contributed by atoms with Crippen LogP contribution < -0.4 is 4.90 Å². The van der Waals surface area contributed by atoms with Crippen molar-refractivity contribution in [2.45, 2.75) is 44.8 Å². The average Bonchev–Trinajstić information content (AvgIpc) is 3.45. The number of benzene rings is 1. The van der Waals surface area contributed by atoms with Gasteiger partial charge in [0.25, 0.3) is 5.89 Å². The van der Waals surface area contributed by atoms with E-state index >= 15 is 0 Å². The fraction of sp³-hybridized carbons (Fsp3) is 0.444. The van der Waals surface area contributed by atoms with Crippen LogP contribution in [-0.4, -0.2) is 70.4 Å². The number of rotatable bonds is 7. The fourth-order valence-corrected chi connectivity index (χ4v) is 5.90. The Morgan fingerprint density at radius 1 is 1.14 bits per heavy atom. The van der Waals surface area contributed by atoms with Crippen molar-refractivity contribution in [2.75, 3.05) is 37.6 Å². The predicted octanol–water partition coefficient (Wildman–Crippen LogP) is 5.31. The van der Waals surface area contributed by atoms with Crippen LogP contribution in [0.3, 0.4) is 0 Å². The van der Waals surface area contributed by atoms with Crippen LogP contribution in [0.25, 0.3) is 0 Å². The van der Waals surface area contributed by atoms with Crippen LogP contribution in [0.2, 0.25) is 10.0 Å². The van der Waals surface area contributed by atoms with Crippen molar-refractivity contribution in [1.82, 2.24) is 19.8 Å². The number of hydrogen-bond donors (Lipinski definition) is 0. The number of nitrogens with zero attached hydrogens (tertiary/aromatic N) is 5. The minimum absolute atomic E-state index is 0.0228. The van der Waals surface area contributed by atoms with Gasteiger partial charge in [0.15, 0.2) is 0 Å². The molecular weight excluding hydrogens is 516 g/mol. The number of oxazole rings is 1. The molecule has 2 aliphatic rings. The molecule has 0 bridgehead atoms. The highest BCUT2D eigenvalue weighted by atomic mass is 35.5. The molecule has 0 aliphatic carbocycles. The first-order chi connectivity index (χ1) is 17.9. The van der Waals surface area contributed by atoms with Gasteiger partial charge < -0.3 is 9.32 Å². The number of anilines is 1. The summed E-state index contributed by atoms with van der Waals surface area (Å²) in [6.07, 6.45) is 7.48. The largest absolute Gasteiger partial charge is 0.442 e. The number of likely N-dealkylation sites (tertiary alicyclic amines) is 1. The summed E-state index contributed by atoms with van der Waals surface area (Å²) < 4.78 is 19.3. The molecule has 196 valence electrons. The number of ketones is 1. The van der Waals surface area contributed by atoms with Crippen molar-refractivity contribution in [3.8, 4) is 0 Å². The fourth-order valence-electron chi connectivity index (χ4n) is 5.45. The first-order valence-electron chi connectivity index (χ1n) is 12.7. The van der Waals surface area contributed by atoms with Gasteiger partial charge in [-0.15, -0.1) is 0 Å². The Kier molecular flexibility index (Phi) is 8.09. The maximum atomic E-state index is 14.2. The Hall–Kier alpha value is -2.52. The lowest BCUT2D eigenvalue weighted by Crippen LogP contribution is -2.58. The molecule has 0 radical (unpaired) electrons. The number of carbonyl (C=O) groups is 1. The van der Waals surface area contributed by atoms with Crippen LogP contribution in [0.15, 0.2) is 47.3 Å². The van der Waals surface area contributed by atoms with E-state index in [0.29, 0.717) is 45.6 Å². The second-order valence-corrected chi connectivity index (χ2v) is 10.5. The number of piperazine rings is 1. The molecule has 0 spiro atoms. The van der Waals surface area contributed by atoms with Crippen molar-refractivity contribution >= 4 is 34.8 Å². The standard InChI is InChI=1S/C27H30Cl2FN5O2/c1-2-21-17-34(26-23(29)13-19(15-32-26)25(36)27-31-7-12-37-27)10-11-35(21)22-5-8-33(9-6-22)16-18-3-4-20(28)14-24(18)30/h3-4,7,12-15,21-22H,2,5-6,8-11,16-17H2,1H3/t21-/m0/s1. The first kappa shape index (κ1) is 26.1. The number of aromatic nitrogens is 2. The second kappa shape index (κ2) is 11.5. The maximum Gasteiger partial charge on any atom is 0.268 e. The molecule has 0 N–H and O–H groups in total. The highest BCUT2D eigenvalue weighted by Gasteiger charge is 2.34. The highest BCUT2D eigenvalue weighted by Crippen LogP contribution is 2.30. The molecule has 1 atom stereocenters. The first-order valence-corrected chi connectivity index (χ1v) is 13.4. The molecule has 7 nitrogen and oxygen atoms in total. The summed E-state index contributed by atoms with van der Waals surface area (Å²) in [4.78, 5) is 28.1. The van der Waals surface area contributed by atoms with E-state index in [-0.39, 0.29) is 17.5 Å². The summed E-state index contributed by atoms with van der Waals surface area (Å²) in [6, 6.07) is 7.45. The molecule has 2 saturated heterocycles. The van der Waals surface area contributed by atoms with Crippen molar-refractivity contribution in [3.63, 3.8) is 0 Å². The summed E-state index contributed by atoms with van der Waals surface area (Å²) in [5, 5.41) is 0.875. The lowest BCUT2D eigenvalue weighted by atomic mass is 9.97. The van der Waals surface area contributed by atoms with Crippen molar-refractivity contribution < 1.29 is 13.6 Å². The normalized spacial score (nSPS) is 19.9. The molecule has 5 rings (SSSR count). The van der Waals surface area contributed by atoms with Gasteiger partial charge in [-0.3, -0.25) is 14.6 Å². The van der Waals surface area contributed by atoms with E-state index in [1.54, 1.807) is 24.4 Å². The molecule has 1 aromatic carbocycles. The van der Waals surface area contributed by atoms with E-state index in [2.05, 4.69) is 31.6 Å². The SMILES string of the molecule is CC[C@H]1CN(c2ncc(C(=O)c3ncco3)cc2Cl)CCN1C1CCN(Cc2ccc(Cl)cc2F)CC1. The zero-order chi connectivity index (χ0) is 25.9. The lowest BCUT2D eigenvalue weighted by molar-refractivity contribution is 0.0607. The van der Waals surface area contributed by atoms with Gasteiger partial charge >= 0.3 is 0 Å². The van der Waals surface area contributed by atoms with Gasteiger partial charge in [0.1, 0.15) is 17.9 Å². The molecule has 37 heavy (non-hydrogen) atoms. The topological polar surface area (TPSA) is 65.7 Å². The molecule has 10 heteroatoms. The average molecular weight is 546 g/mol. The minimum atomic E-state index is -0.340. The van der Waals surface area contributed by atoms with Crippen LogP contribution in [0.1, 0.15) is 48.0 Å². The molecule has 0 amide bonds. The molecule has 0 saturated carbocycles. The Labute approximate surface area is 226 Å². The molecule has 4 heterocycles. The van der Waals surface area contributed by atoms with Crippen molar-refractivity contribution in [2.24, 2.45) is 0 Å². The third-order valence-corrected chi connectivity index (χ3v) is 7.96. The number of pyridine rings is 1. The zero-order valence-corrected chi connectivity index (χ0v) is 22.3. The molecular formula is C27H30Cl2FN5O2. The van der Waals surface area contributed by atoms with Gasteiger partial charge in [-0.05, 0) is 50.6 Å². The van der Waals surface area contributed by atoms with Crippen molar-refractivity contribution in [1.29, 1.82) is 0 Å². The third kappa shape index (κ3) is 5.82. The van der Waals surface area contributed by atoms with Gasteiger partial charge in [-0.1, -0.05) is 36.2 Å². The smallest absolute Gasteiger partial charge is 0.268 e. The number of carbonyl (C=O) groups excluding carboxylic acids is 1. The van der Waals surface area contributed by atoms with E-state index in [9.17, 15) is 9.18 Å². The Morgan fingerprint density at radius 3 is 2.62 bits per heavy atom. The summed E-state index contributed by atoms with van der Waals surface area (Å²) in [7, 11) is 0. The van der Waals surface area contributed by atoms with Crippen LogP contribution in [0.5, 0.6) is 0 Å². The van der Waals surface area contributed by atoms with E-state index in [1.807, 2.05) is 0 Å². The van der Waals surface area contributed by atoms with Gasteiger partial charge in [0, 0.05) is 60.6 Å². The van der Waals surface area contributed by atoms with E-state index in [4.69, 9.17) is 27.6 Å². The third-order valence-electron chi connectivity index (χ3n) is 7.44. The van der Waals surface area contributed by atoms with Gasteiger partial charge in [-0.2, -0.15) is 0 Å². The maximum absolute atomic E-state index is 14.2. The lowest BCUT2D eigenvalue weighted by Gasteiger charge is -2.47. The Bertz CT molecular complexity index is 1230. The van der Waals surface area contributed by atoms with E-state index in [0.717, 1.165) is 52.0 Å². The Morgan fingerprint density at radius 2 is 1.95 bits per heavy atom. The van der Waals surface area contributed by atoms with Gasteiger partial charge in [-0.25, -0.2) is 14.4 Å². The molecule has 2 aliphatic heterocycles. The molecule has 2 fully saturated rings. The van der Waals surface area contributed by atoms with Crippen LogP contribution in [-0.2, 0) is 6.54 Å². The zero-order valence-electron chi connectivity index (χ0n) is 20.7. The quantitative estimate of drug-likeness (QED) is 0.372. The summed E-state index contributed by atoms with van der Waals surface area (Å²) in [5.74, 6) is 0.143. The molecule has 2 aromatic heterocycles. The number of hydrogen-bond acceptors (Lipinski definition) is 7. The summed E-state index contributed by atoms with van der Waals surface area (Å²) in [5.41, 5.74) is 1.05. The monoisotopic (exact) mass is 545 g/mol. The van der Waals surface area contributed by atoms with Gasteiger partial charge in [0.05, 0.1) is 11.2 Å². The summed E-state index contributed by atoms with van der Waals surface area (Å²) in [6.45, 7) is 7.27. The predicted molar refractivity (Wildman–Crippen MR) is 142 cm³/mol.